The van der Waals surface area contributed by atoms with E-state index < -0.39 is 0 Å². The first-order valence-electron chi connectivity index (χ1n) is 7.46. The summed E-state index contributed by atoms with van der Waals surface area (Å²) in [4.78, 5) is 12.7. The Labute approximate surface area is 135 Å². The fraction of sp³-hybridized carbons (Fsp3) is 0.158. The van der Waals surface area contributed by atoms with Crippen LogP contribution in [0.5, 0.6) is 0 Å². The van der Waals surface area contributed by atoms with Crippen LogP contribution in [0.1, 0.15) is 27.2 Å². The van der Waals surface area contributed by atoms with Crippen LogP contribution in [0, 0.1) is 20.8 Å². The SMILES string of the molecule is Cc1ccc(C)c(NC(=O)c2c(C)noc2-c2ccccc2)c1. The second kappa shape index (κ2) is 6.08. The maximum atomic E-state index is 12.7. The molecule has 0 atom stereocenters. The molecule has 3 rings (SSSR count). The Balaban J connectivity index is 1.97. The van der Waals surface area contributed by atoms with Crippen LogP contribution < -0.4 is 5.32 Å². The molecule has 23 heavy (non-hydrogen) atoms. The molecular weight excluding hydrogens is 288 g/mol. The zero-order chi connectivity index (χ0) is 16.4. The van der Waals surface area contributed by atoms with Gasteiger partial charge < -0.3 is 9.84 Å². The van der Waals surface area contributed by atoms with Crippen LogP contribution in [-0.4, -0.2) is 11.1 Å². The van der Waals surface area contributed by atoms with Gasteiger partial charge >= 0.3 is 0 Å². The van der Waals surface area contributed by atoms with Gasteiger partial charge in [0, 0.05) is 11.3 Å². The summed E-state index contributed by atoms with van der Waals surface area (Å²) in [5.41, 5.74) is 4.79. The summed E-state index contributed by atoms with van der Waals surface area (Å²) in [6.07, 6.45) is 0. The lowest BCUT2D eigenvalue weighted by molar-refractivity contribution is 0.102. The number of carbonyl (C=O) groups excluding carboxylic acids is 1. The van der Waals surface area contributed by atoms with E-state index in [0.717, 1.165) is 22.4 Å². The van der Waals surface area contributed by atoms with Crippen LogP contribution in [0.2, 0.25) is 0 Å². The lowest BCUT2D eigenvalue weighted by Crippen LogP contribution is -2.14. The Kier molecular flexibility index (Phi) is 3.98. The van der Waals surface area contributed by atoms with E-state index in [1.54, 1.807) is 6.92 Å². The molecule has 0 spiro atoms. The largest absolute Gasteiger partial charge is 0.355 e. The highest BCUT2D eigenvalue weighted by atomic mass is 16.5. The van der Waals surface area contributed by atoms with Gasteiger partial charge in [-0.05, 0) is 38.0 Å². The molecule has 4 heteroatoms. The number of benzene rings is 2. The molecule has 1 N–H and O–H groups in total. The Bertz CT molecular complexity index is 851. The smallest absolute Gasteiger partial charge is 0.261 e. The van der Waals surface area contributed by atoms with E-state index in [4.69, 9.17) is 4.52 Å². The van der Waals surface area contributed by atoms with Gasteiger partial charge in [0.2, 0.25) is 0 Å². The van der Waals surface area contributed by atoms with Gasteiger partial charge in [-0.1, -0.05) is 47.6 Å². The molecule has 0 aliphatic carbocycles. The quantitative estimate of drug-likeness (QED) is 0.774. The molecule has 1 amide bonds. The van der Waals surface area contributed by atoms with Crippen molar-refractivity contribution < 1.29 is 9.32 Å². The van der Waals surface area contributed by atoms with E-state index in [9.17, 15) is 4.79 Å². The lowest BCUT2D eigenvalue weighted by atomic mass is 10.1. The second-order valence-electron chi connectivity index (χ2n) is 5.61. The molecule has 1 heterocycles. The standard InChI is InChI=1S/C19H18N2O2/c1-12-9-10-13(2)16(11-12)20-19(22)17-14(3)21-23-18(17)15-7-5-4-6-8-15/h4-11H,1-3H3,(H,20,22). The van der Waals surface area contributed by atoms with Gasteiger partial charge in [0.15, 0.2) is 5.76 Å². The van der Waals surface area contributed by atoms with E-state index >= 15 is 0 Å². The molecule has 0 aliphatic rings. The molecule has 0 unspecified atom stereocenters. The van der Waals surface area contributed by atoms with Crippen molar-refractivity contribution >= 4 is 11.6 Å². The predicted octanol–water partition coefficient (Wildman–Crippen LogP) is 4.52. The average molecular weight is 306 g/mol. The van der Waals surface area contributed by atoms with Gasteiger partial charge in [-0.3, -0.25) is 4.79 Å². The van der Waals surface area contributed by atoms with Crippen molar-refractivity contribution in [2.75, 3.05) is 5.32 Å². The fourth-order valence-electron chi connectivity index (χ4n) is 2.48. The van der Waals surface area contributed by atoms with E-state index in [0.29, 0.717) is 17.0 Å². The Morgan fingerprint density at radius 1 is 1.04 bits per heavy atom. The third kappa shape index (κ3) is 3.01. The van der Waals surface area contributed by atoms with Crippen molar-refractivity contribution in [3.63, 3.8) is 0 Å². The minimum absolute atomic E-state index is 0.212. The predicted molar refractivity (Wildman–Crippen MR) is 90.5 cm³/mol. The molecule has 0 saturated carbocycles. The minimum Gasteiger partial charge on any atom is -0.355 e. The van der Waals surface area contributed by atoms with Crippen molar-refractivity contribution in [1.82, 2.24) is 5.16 Å². The van der Waals surface area contributed by atoms with Crippen LogP contribution in [0.25, 0.3) is 11.3 Å². The van der Waals surface area contributed by atoms with Crippen LogP contribution in [-0.2, 0) is 0 Å². The number of amides is 1. The number of hydrogen-bond donors (Lipinski definition) is 1. The molecule has 0 saturated heterocycles. The maximum absolute atomic E-state index is 12.7. The zero-order valence-corrected chi connectivity index (χ0v) is 13.4. The number of aryl methyl sites for hydroxylation is 3. The second-order valence-corrected chi connectivity index (χ2v) is 5.61. The third-order valence-corrected chi connectivity index (χ3v) is 3.77. The molecule has 116 valence electrons. The number of carbonyl (C=O) groups is 1. The molecular formula is C19H18N2O2. The first kappa shape index (κ1) is 15.0. The molecule has 4 nitrogen and oxygen atoms in total. The van der Waals surface area contributed by atoms with Crippen molar-refractivity contribution in [3.8, 4) is 11.3 Å². The van der Waals surface area contributed by atoms with Crippen molar-refractivity contribution in [3.05, 3.63) is 70.9 Å². The zero-order valence-electron chi connectivity index (χ0n) is 13.4. The molecule has 0 radical (unpaired) electrons. The molecule has 3 aromatic rings. The van der Waals surface area contributed by atoms with Crippen molar-refractivity contribution in [2.45, 2.75) is 20.8 Å². The summed E-state index contributed by atoms with van der Waals surface area (Å²) in [5, 5.41) is 6.93. The summed E-state index contributed by atoms with van der Waals surface area (Å²) in [5.74, 6) is 0.280. The van der Waals surface area contributed by atoms with Gasteiger partial charge in [-0.25, -0.2) is 0 Å². The van der Waals surface area contributed by atoms with Crippen molar-refractivity contribution in [1.29, 1.82) is 0 Å². The van der Waals surface area contributed by atoms with E-state index in [2.05, 4.69) is 10.5 Å². The number of rotatable bonds is 3. The Morgan fingerprint density at radius 2 is 1.78 bits per heavy atom. The minimum atomic E-state index is -0.212. The number of nitrogens with one attached hydrogen (secondary N) is 1. The summed E-state index contributed by atoms with van der Waals surface area (Å²) < 4.78 is 5.38. The van der Waals surface area contributed by atoms with E-state index in [1.807, 2.05) is 62.4 Å². The topological polar surface area (TPSA) is 55.1 Å². The number of hydrogen-bond acceptors (Lipinski definition) is 3. The molecule has 1 aromatic heterocycles. The summed E-state index contributed by atoms with van der Waals surface area (Å²) >= 11 is 0. The summed E-state index contributed by atoms with van der Waals surface area (Å²) in [6.45, 7) is 5.73. The lowest BCUT2D eigenvalue weighted by Gasteiger charge is -2.09. The summed E-state index contributed by atoms with van der Waals surface area (Å²) in [6, 6.07) is 15.5. The average Bonchev–Trinajstić information content (AvgIpc) is 2.93. The number of aromatic nitrogens is 1. The molecule has 2 aromatic carbocycles. The van der Waals surface area contributed by atoms with Crippen LogP contribution in [0.4, 0.5) is 5.69 Å². The van der Waals surface area contributed by atoms with Gasteiger partial charge in [0.1, 0.15) is 5.56 Å². The van der Waals surface area contributed by atoms with Crippen LogP contribution >= 0.6 is 0 Å². The molecule has 0 aliphatic heterocycles. The highest BCUT2D eigenvalue weighted by Crippen LogP contribution is 2.27. The maximum Gasteiger partial charge on any atom is 0.261 e. The van der Waals surface area contributed by atoms with Gasteiger partial charge in [0.05, 0.1) is 5.69 Å². The highest BCUT2D eigenvalue weighted by molar-refractivity contribution is 6.08. The third-order valence-electron chi connectivity index (χ3n) is 3.77. The van der Waals surface area contributed by atoms with E-state index in [-0.39, 0.29) is 5.91 Å². The number of nitrogens with zero attached hydrogens (tertiary/aromatic N) is 1. The molecule has 0 fully saturated rings. The van der Waals surface area contributed by atoms with Crippen molar-refractivity contribution in [2.24, 2.45) is 0 Å². The molecule has 0 bridgehead atoms. The Hall–Kier alpha value is -2.88. The van der Waals surface area contributed by atoms with Crippen LogP contribution in [0.15, 0.2) is 53.1 Å². The first-order chi connectivity index (χ1) is 11.1. The fourth-order valence-corrected chi connectivity index (χ4v) is 2.48. The number of anilines is 1. The van der Waals surface area contributed by atoms with Gasteiger partial charge in [-0.2, -0.15) is 0 Å². The van der Waals surface area contributed by atoms with E-state index in [1.165, 1.54) is 0 Å². The Morgan fingerprint density at radius 3 is 2.52 bits per heavy atom. The monoisotopic (exact) mass is 306 g/mol. The van der Waals surface area contributed by atoms with Gasteiger partial charge in [0.25, 0.3) is 5.91 Å². The van der Waals surface area contributed by atoms with Crippen LogP contribution in [0.3, 0.4) is 0 Å². The highest BCUT2D eigenvalue weighted by Gasteiger charge is 2.22. The normalized spacial score (nSPS) is 10.6. The van der Waals surface area contributed by atoms with Gasteiger partial charge in [-0.15, -0.1) is 0 Å². The summed E-state index contributed by atoms with van der Waals surface area (Å²) in [7, 11) is 0. The first-order valence-corrected chi connectivity index (χ1v) is 7.46.